The number of para-hydroxylation sites is 1. The Morgan fingerprint density at radius 1 is 1.50 bits per heavy atom. The highest BCUT2D eigenvalue weighted by Crippen LogP contribution is 2.25. The Labute approximate surface area is 107 Å². The topological polar surface area (TPSA) is 58.4 Å². The zero-order valence-electron chi connectivity index (χ0n) is 11.0. The van der Waals surface area contributed by atoms with Crippen LogP contribution in [0, 0.1) is 5.82 Å². The van der Waals surface area contributed by atoms with E-state index < -0.39 is 5.82 Å². The lowest BCUT2D eigenvalue weighted by Crippen LogP contribution is -2.40. The minimum atomic E-state index is -0.463. The van der Waals surface area contributed by atoms with Crippen molar-refractivity contribution in [3.05, 3.63) is 24.0 Å². The van der Waals surface area contributed by atoms with E-state index >= 15 is 0 Å². The summed E-state index contributed by atoms with van der Waals surface area (Å²) in [6.07, 6.45) is 0. The number of amides is 1. The molecule has 0 unspecified atom stereocenters. The molecule has 0 radical (unpaired) electrons. The third-order valence-electron chi connectivity index (χ3n) is 2.54. The fraction of sp³-hybridized carbons (Fsp3) is 0.462. The lowest BCUT2D eigenvalue weighted by Gasteiger charge is -2.24. The molecule has 4 nitrogen and oxygen atoms in total. The van der Waals surface area contributed by atoms with E-state index in [0.717, 1.165) is 0 Å². The number of nitrogens with zero attached hydrogens (tertiary/aromatic N) is 1. The first-order valence-corrected chi connectivity index (χ1v) is 6.04. The number of carbonyl (C=O) groups is 1. The molecule has 0 spiro atoms. The normalized spacial score (nSPS) is 10.5. The predicted octanol–water partition coefficient (Wildman–Crippen LogP) is 1.76. The van der Waals surface area contributed by atoms with Gasteiger partial charge in [-0.2, -0.15) is 0 Å². The highest BCUT2D eigenvalue weighted by molar-refractivity contribution is 5.83. The summed E-state index contributed by atoms with van der Waals surface area (Å²) in [6, 6.07) is 4.69. The number of rotatable bonds is 5. The second-order valence-corrected chi connectivity index (χ2v) is 4.41. The van der Waals surface area contributed by atoms with Crippen LogP contribution in [0.1, 0.15) is 20.8 Å². The zero-order valence-corrected chi connectivity index (χ0v) is 11.0. The van der Waals surface area contributed by atoms with Crippen molar-refractivity contribution in [2.24, 2.45) is 0 Å². The maximum absolute atomic E-state index is 13.4. The maximum atomic E-state index is 13.4. The highest BCUT2D eigenvalue weighted by atomic mass is 19.1. The van der Waals surface area contributed by atoms with Crippen LogP contribution in [0.25, 0.3) is 0 Å². The number of anilines is 2. The van der Waals surface area contributed by atoms with Gasteiger partial charge < -0.3 is 16.0 Å². The number of likely N-dealkylation sites (N-methyl/N-ethyl adjacent to an activating group) is 1. The molecule has 5 heteroatoms. The van der Waals surface area contributed by atoms with Gasteiger partial charge >= 0.3 is 0 Å². The number of hydrogen-bond donors (Lipinski definition) is 2. The Hall–Kier alpha value is -1.78. The van der Waals surface area contributed by atoms with E-state index in [2.05, 4.69) is 5.32 Å². The zero-order chi connectivity index (χ0) is 13.7. The molecule has 0 aromatic heterocycles. The van der Waals surface area contributed by atoms with Gasteiger partial charge in [-0.3, -0.25) is 4.79 Å². The molecule has 100 valence electrons. The van der Waals surface area contributed by atoms with Crippen molar-refractivity contribution in [1.29, 1.82) is 0 Å². The fourth-order valence-electron chi connectivity index (χ4n) is 1.71. The van der Waals surface area contributed by atoms with Crippen LogP contribution in [0.15, 0.2) is 18.2 Å². The molecule has 0 saturated heterocycles. The number of carbonyl (C=O) groups excluding carboxylic acids is 1. The van der Waals surface area contributed by atoms with E-state index in [1.54, 1.807) is 17.0 Å². The average Bonchev–Trinajstić information content (AvgIpc) is 2.29. The van der Waals surface area contributed by atoms with Gasteiger partial charge in [0, 0.05) is 12.6 Å². The maximum Gasteiger partial charge on any atom is 0.239 e. The van der Waals surface area contributed by atoms with Gasteiger partial charge in [-0.15, -0.1) is 0 Å². The first kappa shape index (κ1) is 14.3. The summed E-state index contributed by atoms with van der Waals surface area (Å²) in [5, 5.41) is 2.80. The predicted molar refractivity (Wildman–Crippen MR) is 72.0 cm³/mol. The molecule has 0 aliphatic carbocycles. The van der Waals surface area contributed by atoms with Crippen molar-refractivity contribution < 1.29 is 9.18 Å². The van der Waals surface area contributed by atoms with Crippen molar-refractivity contribution in [2.45, 2.75) is 26.8 Å². The molecule has 1 rings (SSSR count). The first-order chi connectivity index (χ1) is 8.45. The van der Waals surface area contributed by atoms with Gasteiger partial charge in [-0.05, 0) is 32.9 Å². The summed E-state index contributed by atoms with van der Waals surface area (Å²) in [5.41, 5.74) is 6.32. The van der Waals surface area contributed by atoms with Gasteiger partial charge in [-0.25, -0.2) is 4.39 Å². The summed E-state index contributed by atoms with van der Waals surface area (Å²) in [5.74, 6) is -0.564. The molecule has 0 saturated carbocycles. The van der Waals surface area contributed by atoms with Crippen LogP contribution in [0.2, 0.25) is 0 Å². The molecule has 3 N–H and O–H groups in total. The third kappa shape index (κ3) is 3.61. The molecule has 0 aliphatic rings. The standard InChI is InChI=1S/C13H20FN3O/c1-4-17(8-12(18)16-9(2)3)11-7-5-6-10(14)13(11)15/h5-7,9H,4,8,15H2,1-3H3,(H,16,18). The molecule has 18 heavy (non-hydrogen) atoms. The third-order valence-corrected chi connectivity index (χ3v) is 2.54. The van der Waals surface area contributed by atoms with Crippen molar-refractivity contribution in [1.82, 2.24) is 5.32 Å². The number of benzene rings is 1. The summed E-state index contributed by atoms with van der Waals surface area (Å²) in [7, 11) is 0. The molecule has 0 aliphatic heterocycles. The van der Waals surface area contributed by atoms with E-state index in [-0.39, 0.29) is 24.2 Å². The van der Waals surface area contributed by atoms with E-state index in [4.69, 9.17) is 5.73 Å². The van der Waals surface area contributed by atoms with Gasteiger partial charge in [0.05, 0.1) is 17.9 Å². The molecule has 0 heterocycles. The Morgan fingerprint density at radius 3 is 2.72 bits per heavy atom. The van der Waals surface area contributed by atoms with E-state index in [1.807, 2.05) is 20.8 Å². The Balaban J connectivity index is 2.83. The first-order valence-electron chi connectivity index (χ1n) is 6.04. The summed E-state index contributed by atoms with van der Waals surface area (Å²) in [4.78, 5) is 13.5. The number of nitrogens with one attached hydrogen (secondary N) is 1. The van der Waals surface area contributed by atoms with Crippen molar-refractivity contribution in [2.75, 3.05) is 23.7 Å². The Bertz CT molecular complexity index is 421. The molecule has 1 aromatic rings. The van der Waals surface area contributed by atoms with Crippen molar-refractivity contribution in [3.8, 4) is 0 Å². The molecule has 0 fully saturated rings. The monoisotopic (exact) mass is 253 g/mol. The number of hydrogen-bond acceptors (Lipinski definition) is 3. The quantitative estimate of drug-likeness (QED) is 0.786. The molecule has 0 bridgehead atoms. The van der Waals surface area contributed by atoms with E-state index in [1.165, 1.54) is 6.07 Å². The van der Waals surface area contributed by atoms with Crippen LogP contribution < -0.4 is 16.0 Å². The Morgan fingerprint density at radius 2 is 2.17 bits per heavy atom. The molecule has 1 amide bonds. The smallest absolute Gasteiger partial charge is 0.239 e. The summed E-state index contributed by atoms with van der Waals surface area (Å²) in [6.45, 7) is 6.43. The average molecular weight is 253 g/mol. The lowest BCUT2D eigenvalue weighted by molar-refractivity contribution is -0.120. The SMILES string of the molecule is CCN(CC(=O)NC(C)C)c1cccc(F)c1N. The van der Waals surface area contributed by atoms with Crippen molar-refractivity contribution >= 4 is 17.3 Å². The second kappa shape index (κ2) is 6.23. The number of nitrogen functional groups attached to an aromatic ring is 1. The second-order valence-electron chi connectivity index (χ2n) is 4.41. The number of halogens is 1. The molecule has 0 atom stereocenters. The largest absolute Gasteiger partial charge is 0.395 e. The van der Waals surface area contributed by atoms with Crippen LogP contribution in [0.4, 0.5) is 15.8 Å². The van der Waals surface area contributed by atoms with Gasteiger partial charge in [0.1, 0.15) is 5.82 Å². The fourth-order valence-corrected chi connectivity index (χ4v) is 1.71. The molecule has 1 aromatic carbocycles. The van der Waals surface area contributed by atoms with Crippen LogP contribution in [0.3, 0.4) is 0 Å². The van der Waals surface area contributed by atoms with Gasteiger partial charge in [0.25, 0.3) is 0 Å². The van der Waals surface area contributed by atoms with Gasteiger partial charge in [0.15, 0.2) is 0 Å². The van der Waals surface area contributed by atoms with Crippen molar-refractivity contribution in [3.63, 3.8) is 0 Å². The van der Waals surface area contributed by atoms with Gasteiger partial charge in [-0.1, -0.05) is 6.07 Å². The molecular weight excluding hydrogens is 233 g/mol. The lowest BCUT2D eigenvalue weighted by atomic mass is 10.2. The van der Waals surface area contributed by atoms with Crippen LogP contribution >= 0.6 is 0 Å². The minimum absolute atomic E-state index is 0.0803. The molecular formula is C13H20FN3O. The Kier molecular flexibility index (Phi) is 4.95. The summed E-state index contributed by atoms with van der Waals surface area (Å²) >= 11 is 0. The highest BCUT2D eigenvalue weighted by Gasteiger charge is 2.14. The number of nitrogens with two attached hydrogens (primary N) is 1. The van der Waals surface area contributed by atoms with E-state index in [0.29, 0.717) is 12.2 Å². The summed E-state index contributed by atoms with van der Waals surface area (Å²) < 4.78 is 13.4. The van der Waals surface area contributed by atoms with Crippen LogP contribution in [-0.2, 0) is 4.79 Å². The van der Waals surface area contributed by atoms with Gasteiger partial charge in [0.2, 0.25) is 5.91 Å². The minimum Gasteiger partial charge on any atom is -0.395 e. The van der Waals surface area contributed by atoms with Crippen LogP contribution in [0.5, 0.6) is 0 Å². The van der Waals surface area contributed by atoms with Crippen LogP contribution in [-0.4, -0.2) is 25.0 Å². The van der Waals surface area contributed by atoms with E-state index in [9.17, 15) is 9.18 Å².